The van der Waals surface area contributed by atoms with E-state index in [1.54, 1.807) is 26.0 Å². The Labute approximate surface area is 200 Å². The van der Waals surface area contributed by atoms with E-state index in [9.17, 15) is 22.8 Å². The van der Waals surface area contributed by atoms with Crippen molar-refractivity contribution >= 4 is 33.6 Å². The highest BCUT2D eigenvalue weighted by molar-refractivity contribution is 7.89. The zero-order valence-corrected chi connectivity index (χ0v) is 20.5. The van der Waals surface area contributed by atoms with Crippen LogP contribution in [-0.4, -0.2) is 54.9 Å². The maximum absolute atomic E-state index is 12.8. The number of hydrogen-bond acceptors (Lipinski definition) is 6. The number of aryl methyl sites for hydroxylation is 1. The average molecular weight is 487 g/mol. The van der Waals surface area contributed by atoms with Gasteiger partial charge in [0.15, 0.2) is 12.4 Å². The SMILES string of the molecule is CC(=O)c1c(C)[nH]c(C(=O)COC(=O)C=Cc2ccc(S(=O)(=O)N3CCCCCC3)cc2)c1C. The summed E-state index contributed by atoms with van der Waals surface area (Å²) < 4.78 is 32.3. The summed E-state index contributed by atoms with van der Waals surface area (Å²) in [6.45, 7) is 5.41. The van der Waals surface area contributed by atoms with Gasteiger partial charge in [-0.1, -0.05) is 25.0 Å². The van der Waals surface area contributed by atoms with Crippen molar-refractivity contribution in [2.75, 3.05) is 19.7 Å². The number of carbonyl (C=O) groups is 3. The molecule has 1 fully saturated rings. The Hall–Kier alpha value is -3.04. The van der Waals surface area contributed by atoms with Gasteiger partial charge in [-0.25, -0.2) is 13.2 Å². The first-order valence-corrected chi connectivity index (χ1v) is 12.7. The summed E-state index contributed by atoms with van der Waals surface area (Å²) in [7, 11) is -3.53. The number of rotatable bonds is 8. The van der Waals surface area contributed by atoms with Crippen molar-refractivity contribution in [1.29, 1.82) is 0 Å². The number of aromatic nitrogens is 1. The number of hydrogen-bond donors (Lipinski definition) is 1. The molecule has 2 heterocycles. The minimum atomic E-state index is -3.53. The highest BCUT2D eigenvalue weighted by Gasteiger charge is 2.25. The van der Waals surface area contributed by atoms with Gasteiger partial charge >= 0.3 is 5.97 Å². The predicted molar refractivity (Wildman–Crippen MR) is 128 cm³/mol. The summed E-state index contributed by atoms with van der Waals surface area (Å²) in [6.07, 6.45) is 6.49. The van der Waals surface area contributed by atoms with E-state index in [1.807, 2.05) is 0 Å². The van der Waals surface area contributed by atoms with Crippen LogP contribution in [0.15, 0.2) is 35.2 Å². The molecule has 1 N–H and O–H groups in total. The van der Waals surface area contributed by atoms with Gasteiger partial charge in [-0.2, -0.15) is 4.31 Å². The number of ether oxygens (including phenoxy) is 1. The Kier molecular flexibility index (Phi) is 8.22. The number of nitrogens with zero attached hydrogens (tertiary/aromatic N) is 1. The van der Waals surface area contributed by atoms with Gasteiger partial charge in [0.25, 0.3) is 0 Å². The van der Waals surface area contributed by atoms with E-state index >= 15 is 0 Å². The predicted octanol–water partition coefficient (Wildman–Crippen LogP) is 3.84. The Balaban J connectivity index is 1.58. The first kappa shape index (κ1) is 25.6. The molecule has 9 heteroatoms. The number of esters is 1. The molecule has 0 saturated carbocycles. The second-order valence-corrected chi connectivity index (χ2v) is 10.4. The number of H-pyrrole nitrogens is 1. The van der Waals surface area contributed by atoms with E-state index in [4.69, 9.17) is 4.74 Å². The van der Waals surface area contributed by atoms with Crippen molar-refractivity contribution in [1.82, 2.24) is 9.29 Å². The molecule has 3 rings (SSSR count). The Bertz CT molecular complexity index is 1200. The molecule has 1 aromatic carbocycles. The summed E-state index contributed by atoms with van der Waals surface area (Å²) in [5.41, 5.74) is 2.48. The van der Waals surface area contributed by atoms with Gasteiger partial charge in [0.1, 0.15) is 0 Å². The van der Waals surface area contributed by atoms with Gasteiger partial charge in [-0.05, 0) is 62.9 Å². The van der Waals surface area contributed by atoms with Gasteiger partial charge in [-0.3, -0.25) is 9.59 Å². The first-order valence-electron chi connectivity index (χ1n) is 11.3. The summed E-state index contributed by atoms with van der Waals surface area (Å²) in [5, 5.41) is 0. The largest absolute Gasteiger partial charge is 0.454 e. The molecule has 0 atom stereocenters. The standard InChI is InChI=1S/C25H30N2O6S/c1-17-24(19(3)28)18(2)26-25(17)22(29)16-33-23(30)13-10-20-8-11-21(12-9-20)34(31,32)27-14-6-4-5-7-15-27/h8-13,26H,4-7,14-16H2,1-3H3. The van der Waals surface area contributed by atoms with Crippen LogP contribution >= 0.6 is 0 Å². The molecule has 0 aliphatic carbocycles. The maximum Gasteiger partial charge on any atom is 0.331 e. The molecule has 1 saturated heterocycles. The molecular formula is C25H30N2O6S. The van der Waals surface area contributed by atoms with E-state index in [-0.39, 0.29) is 16.4 Å². The molecule has 8 nitrogen and oxygen atoms in total. The highest BCUT2D eigenvalue weighted by atomic mass is 32.2. The molecule has 0 spiro atoms. The summed E-state index contributed by atoms with van der Waals surface area (Å²) in [4.78, 5) is 39.3. The Morgan fingerprint density at radius 2 is 1.65 bits per heavy atom. The first-order chi connectivity index (χ1) is 16.1. The molecule has 182 valence electrons. The smallest absolute Gasteiger partial charge is 0.331 e. The van der Waals surface area contributed by atoms with Crippen LogP contribution in [0.5, 0.6) is 0 Å². The van der Waals surface area contributed by atoms with Gasteiger partial charge in [0.05, 0.1) is 10.6 Å². The summed E-state index contributed by atoms with van der Waals surface area (Å²) in [6, 6.07) is 6.29. The number of aromatic amines is 1. The lowest BCUT2D eigenvalue weighted by Crippen LogP contribution is -2.31. The third-order valence-electron chi connectivity index (χ3n) is 5.91. The zero-order valence-electron chi connectivity index (χ0n) is 19.7. The molecule has 0 bridgehead atoms. The van der Waals surface area contributed by atoms with Crippen LogP contribution in [0.25, 0.3) is 6.08 Å². The lowest BCUT2D eigenvalue weighted by atomic mass is 10.1. The lowest BCUT2D eigenvalue weighted by molar-refractivity contribution is -0.136. The monoisotopic (exact) mass is 486 g/mol. The topological polar surface area (TPSA) is 114 Å². The van der Waals surface area contributed by atoms with Crippen molar-refractivity contribution in [3.63, 3.8) is 0 Å². The zero-order chi connectivity index (χ0) is 24.9. The number of nitrogens with one attached hydrogen (secondary N) is 1. The summed E-state index contributed by atoms with van der Waals surface area (Å²) in [5.74, 6) is -1.28. The molecule has 1 aromatic heterocycles. The van der Waals surface area contributed by atoms with Crippen molar-refractivity contribution in [3.05, 3.63) is 58.4 Å². The third-order valence-corrected chi connectivity index (χ3v) is 7.82. The minimum absolute atomic E-state index is 0.143. The number of sulfonamides is 1. The van der Waals surface area contributed by atoms with Gasteiger partial charge < -0.3 is 9.72 Å². The fourth-order valence-corrected chi connectivity index (χ4v) is 5.68. The van der Waals surface area contributed by atoms with E-state index in [1.165, 1.54) is 35.5 Å². The van der Waals surface area contributed by atoms with E-state index in [0.29, 0.717) is 35.5 Å². The van der Waals surface area contributed by atoms with Crippen LogP contribution < -0.4 is 0 Å². The number of benzene rings is 1. The Morgan fingerprint density at radius 1 is 1.03 bits per heavy atom. The molecule has 2 aromatic rings. The summed E-state index contributed by atoms with van der Waals surface area (Å²) >= 11 is 0. The van der Waals surface area contributed by atoms with Gasteiger partial charge in [-0.15, -0.1) is 0 Å². The van der Waals surface area contributed by atoms with Crippen molar-refractivity contribution in [2.45, 2.75) is 51.3 Å². The number of carbonyl (C=O) groups excluding carboxylic acids is 3. The van der Waals surface area contributed by atoms with Crippen LogP contribution in [0.4, 0.5) is 0 Å². The molecule has 34 heavy (non-hydrogen) atoms. The molecule has 0 amide bonds. The molecule has 1 aliphatic rings. The fraction of sp³-hybridized carbons (Fsp3) is 0.400. The van der Waals surface area contributed by atoms with Crippen molar-refractivity contribution in [3.8, 4) is 0 Å². The van der Waals surface area contributed by atoms with Gasteiger partial charge in [0, 0.05) is 30.4 Å². The quantitative estimate of drug-likeness (QED) is 0.345. The van der Waals surface area contributed by atoms with Crippen LogP contribution in [0, 0.1) is 13.8 Å². The molecule has 0 unspecified atom stereocenters. The fourth-order valence-electron chi connectivity index (χ4n) is 4.16. The second kappa shape index (κ2) is 10.9. The highest BCUT2D eigenvalue weighted by Crippen LogP contribution is 2.21. The second-order valence-electron chi connectivity index (χ2n) is 8.43. The van der Waals surface area contributed by atoms with Crippen LogP contribution in [0.1, 0.15) is 70.3 Å². The van der Waals surface area contributed by atoms with E-state index in [0.717, 1.165) is 25.7 Å². The molecular weight excluding hydrogens is 456 g/mol. The number of Topliss-reactive ketones (excluding diaryl/α,β-unsaturated/α-hetero) is 2. The van der Waals surface area contributed by atoms with E-state index in [2.05, 4.69) is 4.98 Å². The van der Waals surface area contributed by atoms with Crippen LogP contribution in [0.2, 0.25) is 0 Å². The average Bonchev–Trinajstić information content (AvgIpc) is 2.97. The van der Waals surface area contributed by atoms with E-state index < -0.39 is 28.4 Å². The van der Waals surface area contributed by atoms with Crippen molar-refractivity contribution in [2.24, 2.45) is 0 Å². The van der Waals surface area contributed by atoms with Crippen molar-refractivity contribution < 1.29 is 27.5 Å². The lowest BCUT2D eigenvalue weighted by Gasteiger charge is -2.19. The maximum atomic E-state index is 12.8. The number of ketones is 2. The van der Waals surface area contributed by atoms with Crippen LogP contribution in [-0.2, 0) is 19.6 Å². The molecule has 0 radical (unpaired) electrons. The van der Waals surface area contributed by atoms with Crippen LogP contribution in [0.3, 0.4) is 0 Å². The van der Waals surface area contributed by atoms with Gasteiger partial charge in [0.2, 0.25) is 15.8 Å². The third kappa shape index (κ3) is 5.90. The molecule has 1 aliphatic heterocycles. The minimum Gasteiger partial charge on any atom is -0.454 e. The Morgan fingerprint density at radius 3 is 2.21 bits per heavy atom. The normalized spacial score (nSPS) is 15.3.